The standard InChI is InChI=1S/C24H25F3N6O/c1-31(2)16-10-12-32(14-16)22(34)18-13-29-33(21(18)15-7-8-15)23-28-11-9-20(30-23)17-5-3-4-6-19(17)24(25,26)27/h3-6,9,11,13,15-16H,7-8,10,12,14H2,1-2H3/t16-/m0/s1. The van der Waals surface area contributed by atoms with Crippen molar-refractivity contribution in [3.63, 3.8) is 0 Å². The van der Waals surface area contributed by atoms with Crippen molar-refractivity contribution in [2.24, 2.45) is 0 Å². The Labute approximate surface area is 195 Å². The van der Waals surface area contributed by atoms with Gasteiger partial charge in [0.25, 0.3) is 11.9 Å². The van der Waals surface area contributed by atoms with Crippen LogP contribution in [0.2, 0.25) is 0 Å². The summed E-state index contributed by atoms with van der Waals surface area (Å²) in [6.07, 6.45) is 1.21. The molecule has 0 spiro atoms. The van der Waals surface area contributed by atoms with Gasteiger partial charge in [-0.2, -0.15) is 18.3 Å². The molecule has 3 heterocycles. The fourth-order valence-corrected chi connectivity index (χ4v) is 4.50. The van der Waals surface area contributed by atoms with E-state index in [9.17, 15) is 18.0 Å². The number of alkyl halides is 3. The summed E-state index contributed by atoms with van der Waals surface area (Å²) in [7, 11) is 4.02. The quantitative estimate of drug-likeness (QED) is 0.564. The van der Waals surface area contributed by atoms with Gasteiger partial charge >= 0.3 is 6.18 Å². The van der Waals surface area contributed by atoms with E-state index in [0.29, 0.717) is 24.7 Å². The van der Waals surface area contributed by atoms with Crippen molar-refractivity contribution in [2.75, 3.05) is 27.2 Å². The molecule has 1 aliphatic heterocycles. The van der Waals surface area contributed by atoms with E-state index in [1.165, 1.54) is 29.1 Å². The van der Waals surface area contributed by atoms with Crippen molar-refractivity contribution >= 4 is 5.91 Å². The van der Waals surface area contributed by atoms with Gasteiger partial charge in [0.1, 0.15) is 0 Å². The van der Waals surface area contributed by atoms with Crippen LogP contribution in [0.25, 0.3) is 17.2 Å². The van der Waals surface area contributed by atoms with Crippen LogP contribution in [-0.4, -0.2) is 68.7 Å². The van der Waals surface area contributed by atoms with Crippen LogP contribution >= 0.6 is 0 Å². The predicted molar refractivity (Wildman–Crippen MR) is 120 cm³/mol. The zero-order chi connectivity index (χ0) is 24.0. The van der Waals surface area contributed by atoms with E-state index in [4.69, 9.17) is 0 Å². The third-order valence-electron chi connectivity index (χ3n) is 6.52. The number of benzene rings is 1. The van der Waals surface area contributed by atoms with Crippen LogP contribution in [0.3, 0.4) is 0 Å². The molecule has 178 valence electrons. The number of rotatable bonds is 5. The predicted octanol–water partition coefficient (Wildman–Crippen LogP) is 4.00. The Hall–Kier alpha value is -3.27. The Morgan fingerprint density at radius 1 is 1.12 bits per heavy atom. The second kappa shape index (κ2) is 8.50. The summed E-state index contributed by atoms with van der Waals surface area (Å²) in [5, 5.41) is 4.41. The van der Waals surface area contributed by atoms with Crippen LogP contribution in [-0.2, 0) is 6.18 Å². The highest BCUT2D eigenvalue weighted by atomic mass is 19.4. The maximum Gasteiger partial charge on any atom is 0.417 e. The summed E-state index contributed by atoms with van der Waals surface area (Å²) < 4.78 is 42.2. The van der Waals surface area contributed by atoms with Gasteiger partial charge in [-0.3, -0.25) is 4.79 Å². The second-order valence-electron chi connectivity index (χ2n) is 9.07. The molecule has 10 heteroatoms. The highest BCUT2D eigenvalue weighted by Crippen LogP contribution is 2.43. The largest absolute Gasteiger partial charge is 0.417 e. The number of hydrogen-bond acceptors (Lipinski definition) is 5. The molecule has 1 atom stereocenters. The average Bonchev–Trinajstić information content (AvgIpc) is 3.35. The molecule has 2 aliphatic rings. The Morgan fingerprint density at radius 3 is 2.56 bits per heavy atom. The van der Waals surface area contributed by atoms with Crippen molar-refractivity contribution in [3.8, 4) is 17.2 Å². The first-order chi connectivity index (χ1) is 16.2. The smallest absolute Gasteiger partial charge is 0.337 e. The summed E-state index contributed by atoms with van der Waals surface area (Å²) in [5.41, 5.74) is 0.618. The van der Waals surface area contributed by atoms with Crippen LogP contribution < -0.4 is 0 Å². The van der Waals surface area contributed by atoms with Crippen molar-refractivity contribution < 1.29 is 18.0 Å². The molecule has 0 bridgehead atoms. The molecule has 1 aromatic carbocycles. The van der Waals surface area contributed by atoms with E-state index in [2.05, 4.69) is 20.0 Å². The maximum atomic E-state index is 13.5. The van der Waals surface area contributed by atoms with Crippen molar-refractivity contribution in [3.05, 3.63) is 59.5 Å². The lowest BCUT2D eigenvalue weighted by Gasteiger charge is -2.20. The Morgan fingerprint density at radius 2 is 1.88 bits per heavy atom. The van der Waals surface area contributed by atoms with Crippen molar-refractivity contribution in [1.82, 2.24) is 29.5 Å². The van der Waals surface area contributed by atoms with Crippen LogP contribution in [0.15, 0.2) is 42.7 Å². The van der Waals surface area contributed by atoms with Gasteiger partial charge in [0.2, 0.25) is 0 Å². The van der Waals surface area contributed by atoms with E-state index in [-0.39, 0.29) is 29.0 Å². The first-order valence-corrected chi connectivity index (χ1v) is 11.3. The highest BCUT2D eigenvalue weighted by molar-refractivity contribution is 5.95. The minimum atomic E-state index is -4.51. The van der Waals surface area contributed by atoms with Gasteiger partial charge < -0.3 is 9.80 Å². The molecular weight excluding hydrogens is 445 g/mol. The zero-order valence-corrected chi connectivity index (χ0v) is 19.0. The van der Waals surface area contributed by atoms with Crippen molar-refractivity contribution in [1.29, 1.82) is 0 Å². The summed E-state index contributed by atoms with van der Waals surface area (Å²) in [5.74, 6) is 0.238. The molecule has 3 aromatic rings. The average molecular weight is 470 g/mol. The van der Waals surface area contributed by atoms with Crippen LogP contribution in [0, 0.1) is 0 Å². The monoisotopic (exact) mass is 470 g/mol. The molecular formula is C24H25F3N6O. The number of likely N-dealkylation sites (tertiary alicyclic amines) is 1. The normalized spacial score (nSPS) is 18.6. The fourth-order valence-electron chi connectivity index (χ4n) is 4.50. The molecule has 1 saturated carbocycles. The summed E-state index contributed by atoms with van der Waals surface area (Å²) in [6, 6.07) is 7.09. The third-order valence-corrected chi connectivity index (χ3v) is 6.52. The molecule has 34 heavy (non-hydrogen) atoms. The molecule has 0 N–H and O–H groups in total. The van der Waals surface area contributed by atoms with Crippen molar-refractivity contribution in [2.45, 2.75) is 37.4 Å². The molecule has 7 nitrogen and oxygen atoms in total. The minimum absolute atomic E-state index is 0.0260. The van der Waals surface area contributed by atoms with E-state index < -0.39 is 11.7 Å². The van der Waals surface area contributed by atoms with E-state index in [0.717, 1.165) is 31.0 Å². The van der Waals surface area contributed by atoms with Crippen LogP contribution in [0.4, 0.5) is 13.2 Å². The van der Waals surface area contributed by atoms with Gasteiger partial charge in [0.05, 0.1) is 28.7 Å². The van der Waals surface area contributed by atoms with E-state index in [1.54, 1.807) is 12.3 Å². The third kappa shape index (κ3) is 4.18. The number of aromatic nitrogens is 4. The lowest BCUT2D eigenvalue weighted by molar-refractivity contribution is -0.137. The van der Waals surface area contributed by atoms with Gasteiger partial charge in [0.15, 0.2) is 0 Å². The SMILES string of the molecule is CN(C)[C@H]1CCN(C(=O)c2cnn(-c3nccc(-c4ccccc4C(F)(F)F)n3)c2C2CC2)C1. The number of carbonyl (C=O) groups excluding carboxylic acids is 1. The molecule has 2 aromatic heterocycles. The zero-order valence-electron chi connectivity index (χ0n) is 19.0. The molecule has 1 aliphatic carbocycles. The lowest BCUT2D eigenvalue weighted by atomic mass is 10.0. The van der Waals surface area contributed by atoms with E-state index in [1.807, 2.05) is 19.0 Å². The Bertz CT molecular complexity index is 1220. The van der Waals surface area contributed by atoms with Gasteiger partial charge in [-0.15, -0.1) is 0 Å². The topological polar surface area (TPSA) is 67.2 Å². The van der Waals surface area contributed by atoms with Gasteiger partial charge in [-0.1, -0.05) is 18.2 Å². The van der Waals surface area contributed by atoms with Crippen LogP contribution in [0.5, 0.6) is 0 Å². The highest BCUT2D eigenvalue weighted by Gasteiger charge is 2.37. The molecule has 5 rings (SSSR count). The molecule has 0 unspecified atom stereocenters. The fraction of sp³-hybridized carbons (Fsp3) is 0.417. The number of carbonyl (C=O) groups is 1. The molecule has 0 radical (unpaired) electrons. The number of halogens is 3. The first kappa shape index (κ1) is 22.5. The Kier molecular flexibility index (Phi) is 5.63. The van der Waals surface area contributed by atoms with E-state index >= 15 is 0 Å². The summed E-state index contributed by atoms with van der Waals surface area (Å²) in [4.78, 5) is 26.0. The van der Waals surface area contributed by atoms with Gasteiger partial charge in [-0.25, -0.2) is 14.6 Å². The summed E-state index contributed by atoms with van der Waals surface area (Å²) >= 11 is 0. The number of hydrogen-bond donors (Lipinski definition) is 0. The van der Waals surface area contributed by atoms with Gasteiger partial charge in [0, 0.05) is 36.8 Å². The Balaban J connectivity index is 1.51. The van der Waals surface area contributed by atoms with Crippen LogP contribution in [0.1, 0.15) is 46.8 Å². The number of likely N-dealkylation sites (N-methyl/N-ethyl adjacent to an activating group) is 1. The number of nitrogens with zero attached hydrogens (tertiary/aromatic N) is 6. The minimum Gasteiger partial charge on any atom is -0.337 e. The first-order valence-electron chi connectivity index (χ1n) is 11.3. The molecule has 2 fully saturated rings. The lowest BCUT2D eigenvalue weighted by Crippen LogP contribution is -2.34. The van der Waals surface area contributed by atoms with Gasteiger partial charge in [-0.05, 0) is 45.5 Å². The molecule has 1 saturated heterocycles. The maximum absolute atomic E-state index is 13.5. The summed E-state index contributed by atoms with van der Waals surface area (Å²) in [6.45, 7) is 1.33. The number of amides is 1. The second-order valence-corrected chi connectivity index (χ2v) is 9.07. The molecule has 1 amide bonds.